The van der Waals surface area contributed by atoms with Gasteiger partial charge in [-0.1, -0.05) is 29.8 Å². The van der Waals surface area contributed by atoms with Gasteiger partial charge in [-0.2, -0.15) is 9.78 Å². The van der Waals surface area contributed by atoms with Gasteiger partial charge in [0.15, 0.2) is 0 Å². The van der Waals surface area contributed by atoms with E-state index in [1.165, 1.54) is 4.68 Å². The van der Waals surface area contributed by atoms with Crippen LogP contribution in [0.15, 0.2) is 28.9 Å². The van der Waals surface area contributed by atoms with Gasteiger partial charge in [-0.15, -0.1) is 0 Å². The average molecular weight is 297 g/mol. The molecule has 0 bridgehead atoms. The second-order valence-electron chi connectivity index (χ2n) is 4.23. The lowest BCUT2D eigenvalue weighted by Gasteiger charge is -2.07. The molecule has 0 unspecified atom stereocenters. The summed E-state index contributed by atoms with van der Waals surface area (Å²) in [6, 6.07) is 5.62. The maximum absolute atomic E-state index is 11.8. The van der Waals surface area contributed by atoms with Crippen molar-refractivity contribution in [3.8, 4) is 0 Å². The van der Waals surface area contributed by atoms with E-state index in [4.69, 9.17) is 4.74 Å². The number of carbonyl (C=O) groups excluding carboxylic acids is 1. The molecule has 1 heterocycles. The van der Waals surface area contributed by atoms with Crippen molar-refractivity contribution in [2.24, 2.45) is 5.92 Å². The van der Waals surface area contributed by atoms with Crippen molar-refractivity contribution in [1.29, 1.82) is 0 Å². The molecular weight excluding hydrogens is 284 g/mol. The average Bonchev–Trinajstić information content (AvgIpc) is 2.68. The summed E-state index contributed by atoms with van der Waals surface area (Å²) < 4.78 is 7.38. The van der Waals surface area contributed by atoms with Crippen molar-refractivity contribution in [3.63, 3.8) is 0 Å². The Kier molecular flexibility index (Phi) is 3.47. The number of nitrogens with zero attached hydrogens (tertiary/aromatic N) is 2. The first kappa shape index (κ1) is 12.1. The normalized spacial score (nSPS) is 11.1. The molecule has 0 radical (unpaired) electrons. The van der Waals surface area contributed by atoms with Crippen LogP contribution in [-0.4, -0.2) is 22.5 Å². The third-order valence-corrected chi connectivity index (χ3v) is 2.74. The van der Waals surface area contributed by atoms with Gasteiger partial charge in [-0.3, -0.25) is 0 Å². The molecule has 1 aromatic carbocycles. The summed E-state index contributed by atoms with van der Waals surface area (Å²) in [6.45, 7) is 4.38. The van der Waals surface area contributed by atoms with Gasteiger partial charge in [0.1, 0.15) is 0 Å². The Hall–Kier alpha value is -1.36. The number of rotatable bonds is 2. The summed E-state index contributed by atoms with van der Waals surface area (Å²) in [7, 11) is 0. The molecule has 0 saturated carbocycles. The highest BCUT2D eigenvalue weighted by molar-refractivity contribution is 9.10. The van der Waals surface area contributed by atoms with E-state index in [0.29, 0.717) is 12.5 Å². The van der Waals surface area contributed by atoms with Crippen LogP contribution in [0, 0.1) is 5.92 Å². The molecule has 0 spiro atoms. The van der Waals surface area contributed by atoms with Gasteiger partial charge in [-0.25, -0.2) is 4.79 Å². The van der Waals surface area contributed by atoms with Crippen molar-refractivity contribution in [2.75, 3.05) is 6.61 Å². The minimum absolute atomic E-state index is 0.315. The number of halogens is 1. The molecule has 1 aromatic heterocycles. The largest absolute Gasteiger partial charge is 0.448 e. The predicted molar refractivity (Wildman–Crippen MR) is 69.0 cm³/mol. The van der Waals surface area contributed by atoms with Crippen molar-refractivity contribution in [3.05, 3.63) is 28.9 Å². The van der Waals surface area contributed by atoms with Crippen LogP contribution < -0.4 is 0 Å². The lowest BCUT2D eigenvalue weighted by Crippen LogP contribution is -2.17. The number of aromatic nitrogens is 2. The Balaban J connectivity index is 2.27. The SMILES string of the molecule is CC(C)COC(=O)n1ncc2cc(Br)ccc21. The minimum Gasteiger partial charge on any atom is -0.448 e. The molecular formula is C12H13BrN2O2. The van der Waals surface area contributed by atoms with Crippen LogP contribution in [0.1, 0.15) is 13.8 Å². The van der Waals surface area contributed by atoms with Gasteiger partial charge in [0.05, 0.1) is 18.3 Å². The molecule has 0 aliphatic heterocycles. The first-order valence-electron chi connectivity index (χ1n) is 5.38. The first-order chi connectivity index (χ1) is 8.08. The molecule has 2 aromatic rings. The van der Waals surface area contributed by atoms with E-state index in [2.05, 4.69) is 21.0 Å². The molecule has 5 heteroatoms. The third kappa shape index (κ3) is 2.66. The first-order valence-corrected chi connectivity index (χ1v) is 6.17. The van der Waals surface area contributed by atoms with Crippen LogP contribution in [-0.2, 0) is 4.74 Å². The molecule has 0 fully saturated rings. The van der Waals surface area contributed by atoms with E-state index in [-0.39, 0.29) is 0 Å². The molecule has 0 amide bonds. The van der Waals surface area contributed by atoms with Gasteiger partial charge in [0, 0.05) is 9.86 Å². The van der Waals surface area contributed by atoms with Crippen molar-refractivity contribution in [1.82, 2.24) is 9.78 Å². The molecule has 0 N–H and O–H groups in total. The Morgan fingerprint density at radius 3 is 3.00 bits per heavy atom. The molecule has 90 valence electrons. The number of hydrogen-bond donors (Lipinski definition) is 0. The highest BCUT2D eigenvalue weighted by atomic mass is 79.9. The maximum Gasteiger partial charge on any atom is 0.435 e. The van der Waals surface area contributed by atoms with E-state index in [1.54, 1.807) is 6.20 Å². The van der Waals surface area contributed by atoms with E-state index >= 15 is 0 Å². The zero-order valence-corrected chi connectivity index (χ0v) is 11.3. The standard InChI is InChI=1S/C12H13BrN2O2/c1-8(2)7-17-12(16)15-11-4-3-10(13)5-9(11)6-14-15/h3-6,8H,7H2,1-2H3. The van der Waals surface area contributed by atoms with E-state index < -0.39 is 6.09 Å². The van der Waals surface area contributed by atoms with Crippen LogP contribution in [0.2, 0.25) is 0 Å². The van der Waals surface area contributed by atoms with Crippen LogP contribution in [0.3, 0.4) is 0 Å². The number of fused-ring (bicyclic) bond motifs is 1. The van der Waals surface area contributed by atoms with Crippen molar-refractivity contribution in [2.45, 2.75) is 13.8 Å². The zero-order chi connectivity index (χ0) is 12.4. The lowest BCUT2D eigenvalue weighted by molar-refractivity contribution is 0.132. The summed E-state index contributed by atoms with van der Waals surface area (Å²) in [5, 5.41) is 4.94. The molecule has 2 rings (SSSR count). The maximum atomic E-state index is 11.8. The summed E-state index contributed by atoms with van der Waals surface area (Å²) in [5.74, 6) is 0.315. The summed E-state index contributed by atoms with van der Waals surface area (Å²) in [5.41, 5.74) is 0.752. The zero-order valence-electron chi connectivity index (χ0n) is 9.68. The van der Waals surface area contributed by atoms with Gasteiger partial charge < -0.3 is 4.74 Å². The fraction of sp³-hybridized carbons (Fsp3) is 0.333. The van der Waals surface area contributed by atoms with E-state index in [1.807, 2.05) is 32.0 Å². The van der Waals surface area contributed by atoms with Gasteiger partial charge in [0.2, 0.25) is 0 Å². The molecule has 0 atom stereocenters. The number of benzene rings is 1. The Morgan fingerprint density at radius 1 is 1.53 bits per heavy atom. The predicted octanol–water partition coefficient (Wildman–Crippen LogP) is 3.44. The molecule has 0 aliphatic carbocycles. The molecule has 17 heavy (non-hydrogen) atoms. The molecule has 0 aliphatic rings. The summed E-state index contributed by atoms with van der Waals surface area (Å²) >= 11 is 3.38. The molecule has 0 saturated heterocycles. The van der Waals surface area contributed by atoms with E-state index in [0.717, 1.165) is 15.4 Å². The van der Waals surface area contributed by atoms with Crippen LogP contribution >= 0.6 is 15.9 Å². The van der Waals surface area contributed by atoms with Crippen LogP contribution in [0.4, 0.5) is 4.79 Å². The minimum atomic E-state index is -0.434. The molecule has 4 nitrogen and oxygen atoms in total. The van der Waals surface area contributed by atoms with Gasteiger partial charge in [0.25, 0.3) is 0 Å². The van der Waals surface area contributed by atoms with Gasteiger partial charge >= 0.3 is 6.09 Å². The number of hydrogen-bond acceptors (Lipinski definition) is 3. The third-order valence-electron chi connectivity index (χ3n) is 2.24. The Morgan fingerprint density at radius 2 is 2.29 bits per heavy atom. The van der Waals surface area contributed by atoms with Crippen molar-refractivity contribution < 1.29 is 9.53 Å². The van der Waals surface area contributed by atoms with Crippen molar-refractivity contribution >= 4 is 32.9 Å². The Labute approximate surface area is 108 Å². The quantitative estimate of drug-likeness (QED) is 0.853. The lowest BCUT2D eigenvalue weighted by atomic mass is 10.2. The highest BCUT2D eigenvalue weighted by Crippen LogP contribution is 2.19. The second-order valence-corrected chi connectivity index (χ2v) is 5.15. The number of carbonyl (C=O) groups is 1. The van der Waals surface area contributed by atoms with Crippen LogP contribution in [0.25, 0.3) is 10.9 Å². The van der Waals surface area contributed by atoms with Gasteiger partial charge in [-0.05, 0) is 24.1 Å². The van der Waals surface area contributed by atoms with Crippen LogP contribution in [0.5, 0.6) is 0 Å². The number of ether oxygens (including phenoxy) is 1. The topological polar surface area (TPSA) is 44.1 Å². The monoisotopic (exact) mass is 296 g/mol. The Bertz CT molecular complexity index is 548. The smallest absolute Gasteiger partial charge is 0.435 e. The van der Waals surface area contributed by atoms with E-state index in [9.17, 15) is 4.79 Å². The highest BCUT2D eigenvalue weighted by Gasteiger charge is 2.12. The summed E-state index contributed by atoms with van der Waals surface area (Å²) in [4.78, 5) is 11.8. The fourth-order valence-corrected chi connectivity index (χ4v) is 1.83. The second kappa shape index (κ2) is 4.87. The summed E-state index contributed by atoms with van der Waals surface area (Å²) in [6.07, 6.45) is 1.22. The fourth-order valence-electron chi connectivity index (χ4n) is 1.45.